The lowest BCUT2D eigenvalue weighted by Gasteiger charge is -2.14. The summed E-state index contributed by atoms with van der Waals surface area (Å²) in [5, 5.41) is 11.3. The number of hydrogen-bond donors (Lipinski definition) is 1. The van der Waals surface area contributed by atoms with Gasteiger partial charge in [-0.2, -0.15) is 0 Å². The molecule has 0 aliphatic rings. The second kappa shape index (κ2) is 7.92. The Hall–Kier alpha value is -2.67. The van der Waals surface area contributed by atoms with Crippen molar-refractivity contribution in [1.82, 2.24) is 14.8 Å². The van der Waals surface area contributed by atoms with Crippen molar-refractivity contribution in [2.24, 2.45) is 7.05 Å². The quantitative estimate of drug-likeness (QED) is 0.664. The smallest absolute Gasteiger partial charge is 0.237 e. The number of carbonyl (C=O) groups is 1. The van der Waals surface area contributed by atoms with Crippen molar-refractivity contribution in [2.75, 3.05) is 5.32 Å². The monoisotopic (exact) mass is 384 g/mol. The SMILES string of the molecule is Cc1ccc(C)c(NC(=O)[C@H](C)Sc2nnc(-c3ccccc3F)n2C)c1. The molecule has 0 saturated heterocycles. The van der Waals surface area contributed by atoms with Crippen LogP contribution in [0, 0.1) is 19.7 Å². The first kappa shape index (κ1) is 19.1. The Bertz CT molecular complexity index is 986. The van der Waals surface area contributed by atoms with Gasteiger partial charge in [0.15, 0.2) is 11.0 Å². The number of anilines is 1. The van der Waals surface area contributed by atoms with Gasteiger partial charge >= 0.3 is 0 Å². The number of nitrogens with one attached hydrogen (secondary N) is 1. The molecule has 0 radical (unpaired) electrons. The number of rotatable bonds is 5. The minimum Gasteiger partial charge on any atom is -0.325 e. The second-order valence-electron chi connectivity index (χ2n) is 6.41. The molecular weight excluding hydrogens is 363 g/mol. The fraction of sp³-hybridized carbons (Fsp3) is 0.250. The van der Waals surface area contributed by atoms with Crippen molar-refractivity contribution in [3.8, 4) is 11.4 Å². The predicted molar refractivity (Wildman–Crippen MR) is 106 cm³/mol. The molecule has 0 fully saturated rings. The molecule has 1 atom stereocenters. The Kier molecular flexibility index (Phi) is 5.60. The number of amides is 1. The predicted octanol–water partition coefficient (Wildman–Crippen LogP) is 4.36. The lowest BCUT2D eigenvalue weighted by Crippen LogP contribution is -2.23. The summed E-state index contributed by atoms with van der Waals surface area (Å²) in [6.45, 7) is 5.75. The number of carbonyl (C=O) groups excluding carboxylic acids is 1. The molecule has 2 aromatic carbocycles. The van der Waals surface area contributed by atoms with E-state index in [-0.39, 0.29) is 17.0 Å². The summed E-state index contributed by atoms with van der Waals surface area (Å²) in [5.41, 5.74) is 3.27. The van der Waals surface area contributed by atoms with E-state index in [2.05, 4.69) is 15.5 Å². The molecule has 1 N–H and O–H groups in total. The number of thioether (sulfide) groups is 1. The van der Waals surface area contributed by atoms with Gasteiger partial charge in [0.1, 0.15) is 5.82 Å². The molecule has 5 nitrogen and oxygen atoms in total. The lowest BCUT2D eigenvalue weighted by atomic mass is 10.1. The van der Waals surface area contributed by atoms with Crippen LogP contribution in [0.3, 0.4) is 0 Å². The number of benzene rings is 2. The highest BCUT2D eigenvalue weighted by Crippen LogP contribution is 2.28. The molecule has 0 saturated carbocycles. The average molecular weight is 384 g/mol. The Morgan fingerprint density at radius 2 is 1.93 bits per heavy atom. The molecule has 0 unspecified atom stereocenters. The van der Waals surface area contributed by atoms with Crippen molar-refractivity contribution < 1.29 is 9.18 Å². The third-order valence-corrected chi connectivity index (χ3v) is 5.39. The highest BCUT2D eigenvalue weighted by molar-refractivity contribution is 8.00. The molecule has 1 heterocycles. The van der Waals surface area contributed by atoms with Crippen LogP contribution in [0.25, 0.3) is 11.4 Å². The van der Waals surface area contributed by atoms with E-state index in [1.54, 1.807) is 29.8 Å². The molecule has 0 bridgehead atoms. The zero-order valence-corrected chi connectivity index (χ0v) is 16.5. The van der Waals surface area contributed by atoms with Crippen LogP contribution in [0.1, 0.15) is 18.1 Å². The van der Waals surface area contributed by atoms with Crippen molar-refractivity contribution in [1.29, 1.82) is 0 Å². The molecule has 0 aliphatic heterocycles. The maximum Gasteiger partial charge on any atom is 0.237 e. The molecule has 7 heteroatoms. The van der Waals surface area contributed by atoms with Crippen molar-refractivity contribution in [3.05, 3.63) is 59.4 Å². The van der Waals surface area contributed by atoms with Crippen LogP contribution in [0.5, 0.6) is 0 Å². The van der Waals surface area contributed by atoms with Gasteiger partial charge in [-0.1, -0.05) is 36.0 Å². The molecule has 1 aromatic heterocycles. The van der Waals surface area contributed by atoms with Crippen molar-refractivity contribution in [2.45, 2.75) is 31.2 Å². The normalized spacial score (nSPS) is 12.0. The molecule has 140 valence electrons. The largest absolute Gasteiger partial charge is 0.325 e. The van der Waals surface area contributed by atoms with Crippen LogP contribution in [-0.4, -0.2) is 25.9 Å². The van der Waals surface area contributed by atoms with Gasteiger partial charge in [-0.25, -0.2) is 4.39 Å². The maximum absolute atomic E-state index is 14.0. The summed E-state index contributed by atoms with van der Waals surface area (Å²) in [5.74, 6) is -0.0489. The van der Waals surface area contributed by atoms with Crippen LogP contribution in [0.15, 0.2) is 47.6 Å². The van der Waals surface area contributed by atoms with E-state index in [4.69, 9.17) is 0 Å². The Balaban J connectivity index is 1.75. The summed E-state index contributed by atoms with van der Waals surface area (Å²) in [6.07, 6.45) is 0. The number of hydrogen-bond acceptors (Lipinski definition) is 4. The number of aryl methyl sites for hydroxylation is 2. The van der Waals surface area contributed by atoms with Crippen LogP contribution >= 0.6 is 11.8 Å². The Morgan fingerprint density at radius 3 is 2.67 bits per heavy atom. The van der Waals surface area contributed by atoms with E-state index in [0.29, 0.717) is 16.5 Å². The standard InChI is InChI=1S/C20H21FN4OS/c1-12-9-10-13(2)17(11-12)22-19(26)14(3)27-20-24-23-18(25(20)4)15-7-5-6-8-16(15)21/h5-11,14H,1-4H3,(H,22,26)/t14-/m0/s1. The topological polar surface area (TPSA) is 59.8 Å². The molecular formula is C20H21FN4OS. The van der Waals surface area contributed by atoms with Crippen LogP contribution in [0.4, 0.5) is 10.1 Å². The van der Waals surface area contributed by atoms with E-state index in [0.717, 1.165) is 16.8 Å². The van der Waals surface area contributed by atoms with Gasteiger partial charge in [0.25, 0.3) is 0 Å². The highest BCUT2D eigenvalue weighted by atomic mass is 32.2. The van der Waals surface area contributed by atoms with E-state index >= 15 is 0 Å². The van der Waals surface area contributed by atoms with Gasteiger partial charge in [0.2, 0.25) is 5.91 Å². The summed E-state index contributed by atoms with van der Waals surface area (Å²) in [7, 11) is 1.76. The lowest BCUT2D eigenvalue weighted by molar-refractivity contribution is -0.115. The summed E-state index contributed by atoms with van der Waals surface area (Å²) in [6, 6.07) is 12.4. The van der Waals surface area contributed by atoms with Crippen molar-refractivity contribution >= 4 is 23.4 Å². The zero-order chi connectivity index (χ0) is 19.6. The molecule has 27 heavy (non-hydrogen) atoms. The van der Waals surface area contributed by atoms with Gasteiger partial charge in [-0.3, -0.25) is 4.79 Å². The van der Waals surface area contributed by atoms with E-state index in [1.165, 1.54) is 17.8 Å². The number of aromatic nitrogens is 3. The van der Waals surface area contributed by atoms with E-state index in [1.807, 2.05) is 39.0 Å². The highest BCUT2D eigenvalue weighted by Gasteiger charge is 2.21. The first-order valence-corrected chi connectivity index (χ1v) is 9.44. The third-order valence-electron chi connectivity index (χ3n) is 4.25. The number of halogens is 1. The van der Waals surface area contributed by atoms with Crippen LogP contribution in [0.2, 0.25) is 0 Å². The third kappa shape index (κ3) is 4.19. The Labute approximate surface area is 162 Å². The van der Waals surface area contributed by atoms with Crippen molar-refractivity contribution in [3.63, 3.8) is 0 Å². The van der Waals surface area contributed by atoms with Gasteiger partial charge in [-0.15, -0.1) is 10.2 Å². The fourth-order valence-electron chi connectivity index (χ4n) is 2.61. The first-order valence-electron chi connectivity index (χ1n) is 8.56. The maximum atomic E-state index is 14.0. The molecule has 0 aliphatic carbocycles. The zero-order valence-electron chi connectivity index (χ0n) is 15.7. The summed E-state index contributed by atoms with van der Waals surface area (Å²) in [4.78, 5) is 12.6. The van der Waals surface area contributed by atoms with E-state index in [9.17, 15) is 9.18 Å². The van der Waals surface area contributed by atoms with Crippen LogP contribution in [-0.2, 0) is 11.8 Å². The molecule has 1 amide bonds. The van der Waals surface area contributed by atoms with Crippen LogP contribution < -0.4 is 5.32 Å². The first-order chi connectivity index (χ1) is 12.9. The summed E-state index contributed by atoms with van der Waals surface area (Å²) >= 11 is 1.28. The molecule has 3 aromatic rings. The van der Waals surface area contributed by atoms with Gasteiger partial charge in [0, 0.05) is 12.7 Å². The average Bonchev–Trinajstić information content (AvgIpc) is 2.99. The van der Waals surface area contributed by atoms with E-state index < -0.39 is 0 Å². The van der Waals surface area contributed by atoms with Gasteiger partial charge < -0.3 is 9.88 Å². The molecule has 0 spiro atoms. The minimum atomic E-state index is -0.388. The fourth-order valence-corrected chi connectivity index (χ4v) is 3.43. The summed E-state index contributed by atoms with van der Waals surface area (Å²) < 4.78 is 15.7. The van der Waals surface area contributed by atoms with Gasteiger partial charge in [-0.05, 0) is 50.1 Å². The molecule has 3 rings (SSSR count). The number of nitrogens with zero attached hydrogens (tertiary/aromatic N) is 3. The minimum absolute atomic E-state index is 0.121. The second-order valence-corrected chi connectivity index (χ2v) is 7.72. The van der Waals surface area contributed by atoms with Gasteiger partial charge in [0.05, 0.1) is 10.8 Å². The Morgan fingerprint density at radius 1 is 1.19 bits per heavy atom.